The van der Waals surface area contributed by atoms with Crippen LogP contribution in [-0.4, -0.2) is 68.1 Å². The Balaban J connectivity index is 0.000000362. The monoisotopic (exact) mass is 306 g/mol. The SMILES string of the molecule is CCCCN1CCN(C)CC1.O=S(=O)(O)C(F)(F)F. The van der Waals surface area contributed by atoms with Crippen LogP contribution in [0.4, 0.5) is 13.2 Å². The molecular formula is C10H21F3N2O3S. The van der Waals surface area contributed by atoms with Gasteiger partial charge in [-0.2, -0.15) is 21.6 Å². The highest BCUT2D eigenvalue weighted by molar-refractivity contribution is 7.86. The molecule has 0 aliphatic carbocycles. The number of nitrogens with zero attached hydrogens (tertiary/aromatic N) is 2. The van der Waals surface area contributed by atoms with E-state index in [0.29, 0.717) is 0 Å². The van der Waals surface area contributed by atoms with E-state index in [1.54, 1.807) is 0 Å². The van der Waals surface area contributed by atoms with Crippen molar-refractivity contribution >= 4 is 10.1 Å². The van der Waals surface area contributed by atoms with Crippen LogP contribution in [0.25, 0.3) is 0 Å². The number of hydrogen-bond donors (Lipinski definition) is 1. The summed E-state index contributed by atoms with van der Waals surface area (Å²) in [5.41, 5.74) is -5.53. The Bertz CT molecular complexity index is 336. The zero-order chi connectivity index (χ0) is 15.1. The van der Waals surface area contributed by atoms with Gasteiger partial charge >= 0.3 is 15.6 Å². The summed E-state index contributed by atoms with van der Waals surface area (Å²) < 4.78 is 57.5. The fourth-order valence-electron chi connectivity index (χ4n) is 1.45. The van der Waals surface area contributed by atoms with E-state index in [2.05, 4.69) is 23.8 Å². The normalized spacial score (nSPS) is 18.8. The minimum atomic E-state index is -5.84. The van der Waals surface area contributed by atoms with E-state index in [0.717, 1.165) is 0 Å². The molecule has 1 aliphatic heterocycles. The van der Waals surface area contributed by atoms with Crippen molar-refractivity contribution in [3.05, 3.63) is 0 Å². The Morgan fingerprint density at radius 1 is 1.16 bits per heavy atom. The molecule has 1 saturated heterocycles. The van der Waals surface area contributed by atoms with Crippen molar-refractivity contribution in [1.29, 1.82) is 0 Å². The van der Waals surface area contributed by atoms with Crippen LogP contribution in [0, 0.1) is 0 Å². The molecule has 0 saturated carbocycles. The van der Waals surface area contributed by atoms with Crippen molar-refractivity contribution < 1.29 is 26.1 Å². The lowest BCUT2D eigenvalue weighted by molar-refractivity contribution is -0.0510. The molecule has 1 N–H and O–H groups in total. The first kappa shape index (κ1) is 18.6. The van der Waals surface area contributed by atoms with E-state index in [9.17, 15) is 13.2 Å². The van der Waals surface area contributed by atoms with Gasteiger partial charge < -0.3 is 9.80 Å². The van der Waals surface area contributed by atoms with Gasteiger partial charge in [0.05, 0.1) is 0 Å². The topological polar surface area (TPSA) is 60.9 Å². The summed E-state index contributed by atoms with van der Waals surface area (Å²) in [7, 11) is -3.63. The largest absolute Gasteiger partial charge is 0.522 e. The Labute approximate surface area is 112 Å². The van der Waals surface area contributed by atoms with Gasteiger partial charge in [0.1, 0.15) is 0 Å². The molecule has 0 aromatic carbocycles. The highest BCUT2D eigenvalue weighted by Crippen LogP contribution is 2.20. The van der Waals surface area contributed by atoms with Crippen molar-refractivity contribution in [2.24, 2.45) is 0 Å². The maximum absolute atomic E-state index is 10.7. The van der Waals surface area contributed by atoms with Crippen molar-refractivity contribution in [3.63, 3.8) is 0 Å². The highest BCUT2D eigenvalue weighted by atomic mass is 32.2. The molecule has 0 amide bonds. The molecule has 19 heavy (non-hydrogen) atoms. The third-order valence-electron chi connectivity index (χ3n) is 2.72. The Kier molecular flexibility index (Phi) is 7.87. The van der Waals surface area contributed by atoms with Gasteiger partial charge in [-0.05, 0) is 20.0 Å². The molecular weight excluding hydrogens is 285 g/mol. The average molecular weight is 306 g/mol. The summed E-state index contributed by atoms with van der Waals surface area (Å²) in [6.45, 7) is 8.63. The summed E-state index contributed by atoms with van der Waals surface area (Å²) in [6.07, 6.45) is 2.69. The summed E-state index contributed by atoms with van der Waals surface area (Å²) >= 11 is 0. The van der Waals surface area contributed by atoms with Crippen molar-refractivity contribution in [2.75, 3.05) is 39.8 Å². The number of likely N-dealkylation sites (N-methyl/N-ethyl adjacent to an activating group) is 1. The van der Waals surface area contributed by atoms with E-state index in [-0.39, 0.29) is 0 Å². The van der Waals surface area contributed by atoms with Gasteiger partial charge in [0, 0.05) is 26.2 Å². The average Bonchev–Trinajstić information content (AvgIpc) is 2.26. The molecule has 0 bridgehead atoms. The molecule has 0 unspecified atom stereocenters. The van der Waals surface area contributed by atoms with Crippen LogP contribution >= 0.6 is 0 Å². The summed E-state index contributed by atoms with van der Waals surface area (Å²) in [4.78, 5) is 4.98. The first-order valence-corrected chi connectivity index (χ1v) is 7.46. The molecule has 0 radical (unpaired) electrons. The molecule has 0 spiro atoms. The lowest BCUT2D eigenvalue weighted by atomic mass is 10.3. The minimum absolute atomic E-state index is 1.25. The van der Waals surface area contributed by atoms with Gasteiger partial charge in [0.2, 0.25) is 0 Å². The van der Waals surface area contributed by atoms with E-state index < -0.39 is 15.6 Å². The predicted molar refractivity (Wildman–Crippen MR) is 66.4 cm³/mol. The van der Waals surface area contributed by atoms with E-state index >= 15 is 0 Å². The van der Waals surface area contributed by atoms with Crippen LogP contribution in [0.2, 0.25) is 0 Å². The van der Waals surface area contributed by atoms with Crippen LogP contribution in [0.3, 0.4) is 0 Å². The third kappa shape index (κ3) is 8.40. The lowest BCUT2D eigenvalue weighted by Gasteiger charge is -2.32. The second-order valence-corrected chi connectivity index (χ2v) is 5.83. The molecule has 0 aromatic rings. The molecule has 1 heterocycles. The fourth-order valence-corrected chi connectivity index (χ4v) is 1.45. The zero-order valence-electron chi connectivity index (χ0n) is 11.2. The second kappa shape index (κ2) is 8.03. The molecule has 1 aliphatic rings. The molecule has 9 heteroatoms. The van der Waals surface area contributed by atoms with Gasteiger partial charge in [-0.25, -0.2) is 0 Å². The molecule has 0 aromatic heterocycles. The van der Waals surface area contributed by atoms with Gasteiger partial charge in [-0.3, -0.25) is 4.55 Å². The number of piperazine rings is 1. The van der Waals surface area contributed by atoms with Crippen LogP contribution in [0.15, 0.2) is 0 Å². The van der Waals surface area contributed by atoms with Crippen LogP contribution in [0.5, 0.6) is 0 Å². The Morgan fingerprint density at radius 3 is 1.89 bits per heavy atom. The summed E-state index contributed by atoms with van der Waals surface area (Å²) in [5.74, 6) is 0. The third-order valence-corrected chi connectivity index (χ3v) is 3.30. The first-order valence-electron chi connectivity index (χ1n) is 6.02. The Morgan fingerprint density at radius 2 is 1.58 bits per heavy atom. The number of unbranched alkanes of at least 4 members (excludes halogenated alkanes) is 1. The second-order valence-electron chi connectivity index (χ2n) is 4.42. The van der Waals surface area contributed by atoms with Crippen LogP contribution in [-0.2, 0) is 10.1 Å². The van der Waals surface area contributed by atoms with Gasteiger partial charge in [-0.15, -0.1) is 0 Å². The number of rotatable bonds is 3. The van der Waals surface area contributed by atoms with E-state index in [4.69, 9.17) is 13.0 Å². The van der Waals surface area contributed by atoms with E-state index in [1.165, 1.54) is 45.6 Å². The predicted octanol–water partition coefficient (Wildman–Crippen LogP) is 1.43. The van der Waals surface area contributed by atoms with Gasteiger partial charge in [0.15, 0.2) is 0 Å². The quantitative estimate of drug-likeness (QED) is 0.631. The molecule has 5 nitrogen and oxygen atoms in total. The molecule has 116 valence electrons. The smallest absolute Gasteiger partial charge is 0.304 e. The van der Waals surface area contributed by atoms with Crippen molar-refractivity contribution in [1.82, 2.24) is 9.80 Å². The van der Waals surface area contributed by atoms with Crippen LogP contribution < -0.4 is 0 Å². The molecule has 0 atom stereocenters. The Hall–Kier alpha value is -0.380. The van der Waals surface area contributed by atoms with Gasteiger partial charge in [0.25, 0.3) is 0 Å². The number of hydrogen-bond acceptors (Lipinski definition) is 4. The lowest BCUT2D eigenvalue weighted by Crippen LogP contribution is -2.44. The maximum Gasteiger partial charge on any atom is 0.522 e. The van der Waals surface area contributed by atoms with Gasteiger partial charge in [-0.1, -0.05) is 13.3 Å². The summed E-state index contributed by atoms with van der Waals surface area (Å²) in [5, 5.41) is 0. The zero-order valence-corrected chi connectivity index (χ0v) is 12.0. The maximum atomic E-state index is 10.7. The molecule has 1 fully saturated rings. The van der Waals surface area contributed by atoms with Crippen molar-refractivity contribution in [2.45, 2.75) is 25.3 Å². The highest BCUT2D eigenvalue weighted by Gasteiger charge is 2.44. The fraction of sp³-hybridized carbons (Fsp3) is 1.00. The number of alkyl halides is 3. The molecule has 1 rings (SSSR count). The summed E-state index contributed by atoms with van der Waals surface area (Å²) in [6, 6.07) is 0. The standard InChI is InChI=1S/C9H20N2.CHF3O3S/c1-3-4-5-11-8-6-10(2)7-9-11;2-1(3,4)8(5,6)7/h3-9H2,1-2H3;(H,5,6,7). The minimum Gasteiger partial charge on any atom is -0.304 e. The van der Waals surface area contributed by atoms with Crippen LogP contribution in [0.1, 0.15) is 19.8 Å². The number of halogens is 3. The first-order chi connectivity index (χ1) is 8.58. The van der Waals surface area contributed by atoms with Crippen molar-refractivity contribution in [3.8, 4) is 0 Å². The van der Waals surface area contributed by atoms with E-state index in [1.807, 2.05) is 0 Å².